The van der Waals surface area contributed by atoms with Crippen molar-refractivity contribution in [2.24, 2.45) is 17.6 Å². The number of rotatable bonds is 8. The predicted octanol–water partition coefficient (Wildman–Crippen LogP) is 3.05. The van der Waals surface area contributed by atoms with Crippen LogP contribution in [0.5, 0.6) is 5.75 Å². The van der Waals surface area contributed by atoms with Gasteiger partial charge in [0.1, 0.15) is 5.75 Å². The molecule has 3 N–H and O–H groups in total. The van der Waals surface area contributed by atoms with Crippen LogP contribution in [0.25, 0.3) is 0 Å². The van der Waals surface area contributed by atoms with Gasteiger partial charge in [-0.1, -0.05) is 26.0 Å². The molecule has 0 radical (unpaired) electrons. The molecule has 2 rings (SSSR count). The number of halogens is 3. The fourth-order valence-electron chi connectivity index (χ4n) is 3.49. The number of ether oxygens (including phenoxy) is 1. The van der Waals surface area contributed by atoms with Crippen LogP contribution >= 0.6 is 12.4 Å². The van der Waals surface area contributed by atoms with Gasteiger partial charge in [0, 0.05) is 25.7 Å². The van der Waals surface area contributed by atoms with E-state index in [0.717, 1.165) is 6.42 Å². The lowest BCUT2D eigenvalue weighted by atomic mass is 9.95. The minimum absolute atomic E-state index is 0. The first-order chi connectivity index (χ1) is 13.3. The number of carbonyl (C=O) groups is 2. The second-order valence-electron chi connectivity index (χ2n) is 7.54. The van der Waals surface area contributed by atoms with Crippen molar-refractivity contribution in [2.75, 3.05) is 19.6 Å². The molecule has 1 aromatic carbocycles. The van der Waals surface area contributed by atoms with Crippen molar-refractivity contribution in [2.45, 2.75) is 45.8 Å². The Balaban J connectivity index is 0.00000420. The van der Waals surface area contributed by atoms with E-state index in [0.29, 0.717) is 31.8 Å². The molecule has 2 unspecified atom stereocenters. The second kappa shape index (κ2) is 11.9. The molecule has 1 saturated heterocycles. The smallest absolute Gasteiger partial charge is 0.387 e. The van der Waals surface area contributed by atoms with Gasteiger partial charge in [0.2, 0.25) is 5.91 Å². The summed E-state index contributed by atoms with van der Waals surface area (Å²) in [6.45, 7) is 2.19. The van der Waals surface area contributed by atoms with Crippen molar-refractivity contribution >= 4 is 24.2 Å². The molecule has 1 fully saturated rings. The van der Waals surface area contributed by atoms with Crippen LogP contribution in [-0.2, 0) is 4.79 Å². The Hall–Kier alpha value is -1.93. The maximum Gasteiger partial charge on any atom is 0.387 e. The lowest BCUT2D eigenvalue weighted by molar-refractivity contribution is -0.127. The summed E-state index contributed by atoms with van der Waals surface area (Å²) in [4.78, 5) is 27.0. The minimum atomic E-state index is -3.01. The number of nitrogens with one attached hydrogen (secondary N) is 1. The zero-order valence-corrected chi connectivity index (χ0v) is 17.6. The summed E-state index contributed by atoms with van der Waals surface area (Å²) in [5, 5.41) is 2.98. The first-order valence-corrected chi connectivity index (χ1v) is 9.65. The molecule has 164 valence electrons. The van der Waals surface area contributed by atoms with Gasteiger partial charge in [0.25, 0.3) is 5.91 Å². The van der Waals surface area contributed by atoms with Crippen molar-refractivity contribution in [3.05, 3.63) is 29.8 Å². The van der Waals surface area contributed by atoms with E-state index in [9.17, 15) is 18.4 Å². The number of likely N-dealkylation sites (tertiary alicyclic amines) is 1. The number of nitrogens with zero attached hydrogens (tertiary/aromatic N) is 1. The number of piperidine rings is 1. The number of alkyl halides is 2. The van der Waals surface area contributed by atoms with Gasteiger partial charge in [-0.25, -0.2) is 0 Å². The van der Waals surface area contributed by atoms with E-state index in [4.69, 9.17) is 5.73 Å². The largest absolute Gasteiger partial charge is 0.434 e. The Labute approximate surface area is 176 Å². The van der Waals surface area contributed by atoms with Gasteiger partial charge in [0.15, 0.2) is 0 Å². The zero-order valence-electron chi connectivity index (χ0n) is 16.8. The van der Waals surface area contributed by atoms with E-state index in [2.05, 4.69) is 23.9 Å². The molecular formula is C20H30ClF2N3O3. The number of hydrogen-bond donors (Lipinski definition) is 2. The predicted molar refractivity (Wildman–Crippen MR) is 109 cm³/mol. The monoisotopic (exact) mass is 433 g/mol. The quantitative estimate of drug-likeness (QED) is 0.659. The third-order valence-electron chi connectivity index (χ3n) is 4.80. The number of para-hydroxylation sites is 1. The van der Waals surface area contributed by atoms with E-state index in [1.54, 1.807) is 6.07 Å². The van der Waals surface area contributed by atoms with Crippen molar-refractivity contribution in [1.29, 1.82) is 0 Å². The molecule has 1 aliphatic heterocycles. The lowest BCUT2D eigenvalue weighted by Crippen LogP contribution is -2.49. The third kappa shape index (κ3) is 7.44. The summed E-state index contributed by atoms with van der Waals surface area (Å²) in [5.41, 5.74) is 5.83. The van der Waals surface area contributed by atoms with E-state index in [1.165, 1.54) is 23.1 Å². The summed E-state index contributed by atoms with van der Waals surface area (Å²) in [5.74, 6) is -0.627. The molecule has 1 heterocycles. The third-order valence-corrected chi connectivity index (χ3v) is 4.80. The van der Waals surface area contributed by atoms with Gasteiger partial charge in [-0.05, 0) is 37.3 Å². The number of amides is 2. The number of nitrogens with two attached hydrogens (primary N) is 1. The highest BCUT2D eigenvalue weighted by Crippen LogP contribution is 2.25. The van der Waals surface area contributed by atoms with Gasteiger partial charge >= 0.3 is 6.61 Å². The number of benzene rings is 1. The Morgan fingerprint density at radius 1 is 1.31 bits per heavy atom. The van der Waals surface area contributed by atoms with Crippen LogP contribution in [-0.4, -0.2) is 49.0 Å². The SMILES string of the molecule is CC(C)CC(CN)NC(=O)C1CCCN(C(=O)c2ccccc2OC(F)F)C1.Cl. The van der Waals surface area contributed by atoms with Crippen LogP contribution in [0.1, 0.15) is 43.5 Å². The van der Waals surface area contributed by atoms with E-state index in [1.807, 2.05) is 0 Å². The summed E-state index contributed by atoms with van der Waals surface area (Å²) < 4.78 is 29.7. The standard InChI is InChI=1S/C20H29F2N3O3.ClH/c1-13(2)10-15(11-23)24-18(26)14-6-5-9-25(12-14)19(27)16-7-3-4-8-17(16)28-20(21)22;/h3-4,7-8,13-15,20H,5-6,9-12,23H2,1-2H3,(H,24,26);1H. The Morgan fingerprint density at radius 3 is 2.62 bits per heavy atom. The van der Waals surface area contributed by atoms with Crippen LogP contribution in [0.2, 0.25) is 0 Å². The molecule has 9 heteroatoms. The molecule has 1 aliphatic rings. The molecule has 0 aliphatic carbocycles. The maximum atomic E-state index is 12.8. The average Bonchev–Trinajstić information content (AvgIpc) is 2.66. The highest BCUT2D eigenvalue weighted by molar-refractivity contribution is 5.97. The summed E-state index contributed by atoms with van der Waals surface area (Å²) in [6.07, 6.45) is 2.12. The molecule has 6 nitrogen and oxygen atoms in total. The molecule has 0 aromatic heterocycles. The van der Waals surface area contributed by atoms with Crippen LogP contribution < -0.4 is 15.8 Å². The first kappa shape index (κ1) is 25.1. The second-order valence-corrected chi connectivity index (χ2v) is 7.54. The summed E-state index contributed by atoms with van der Waals surface area (Å²) in [7, 11) is 0. The highest BCUT2D eigenvalue weighted by Gasteiger charge is 2.31. The normalized spacial score (nSPS) is 17.6. The van der Waals surface area contributed by atoms with Crippen molar-refractivity contribution in [1.82, 2.24) is 10.2 Å². The molecular weight excluding hydrogens is 404 g/mol. The Bertz CT molecular complexity index is 676. The number of carbonyl (C=O) groups excluding carboxylic acids is 2. The molecule has 0 spiro atoms. The average molecular weight is 434 g/mol. The molecule has 2 amide bonds. The van der Waals surface area contributed by atoms with Gasteiger partial charge in [-0.3, -0.25) is 9.59 Å². The van der Waals surface area contributed by atoms with Crippen molar-refractivity contribution < 1.29 is 23.1 Å². The maximum absolute atomic E-state index is 12.8. The van der Waals surface area contributed by atoms with Gasteiger partial charge in [-0.2, -0.15) is 8.78 Å². The number of hydrogen-bond acceptors (Lipinski definition) is 4. The van der Waals surface area contributed by atoms with Gasteiger partial charge < -0.3 is 20.7 Å². The molecule has 2 atom stereocenters. The van der Waals surface area contributed by atoms with Crippen LogP contribution in [0.4, 0.5) is 8.78 Å². The molecule has 0 saturated carbocycles. The first-order valence-electron chi connectivity index (χ1n) is 9.65. The van der Waals surface area contributed by atoms with Crippen molar-refractivity contribution in [3.63, 3.8) is 0 Å². The Kier molecular flexibility index (Phi) is 10.3. The molecule has 1 aromatic rings. The molecule has 0 bridgehead atoms. The fraction of sp³-hybridized carbons (Fsp3) is 0.600. The minimum Gasteiger partial charge on any atom is -0.434 e. The van der Waals surface area contributed by atoms with Crippen LogP contribution in [0.15, 0.2) is 24.3 Å². The van der Waals surface area contributed by atoms with E-state index >= 15 is 0 Å². The van der Waals surface area contributed by atoms with Gasteiger partial charge in [-0.15, -0.1) is 12.4 Å². The van der Waals surface area contributed by atoms with Crippen molar-refractivity contribution in [3.8, 4) is 5.75 Å². The summed E-state index contributed by atoms with van der Waals surface area (Å²) in [6, 6.07) is 5.82. The lowest BCUT2D eigenvalue weighted by Gasteiger charge is -2.33. The van der Waals surface area contributed by atoms with Gasteiger partial charge in [0.05, 0.1) is 11.5 Å². The topological polar surface area (TPSA) is 84.7 Å². The fourth-order valence-corrected chi connectivity index (χ4v) is 3.49. The zero-order chi connectivity index (χ0) is 20.7. The highest BCUT2D eigenvalue weighted by atomic mass is 35.5. The van der Waals surface area contributed by atoms with E-state index in [-0.39, 0.29) is 48.1 Å². The Morgan fingerprint density at radius 2 is 2.00 bits per heavy atom. The van der Waals surface area contributed by atoms with E-state index < -0.39 is 12.5 Å². The molecule has 29 heavy (non-hydrogen) atoms. The van der Waals surface area contributed by atoms with Crippen LogP contribution in [0, 0.1) is 11.8 Å². The summed E-state index contributed by atoms with van der Waals surface area (Å²) >= 11 is 0. The van der Waals surface area contributed by atoms with Crippen LogP contribution in [0.3, 0.4) is 0 Å².